The van der Waals surface area contributed by atoms with Gasteiger partial charge in [0.2, 0.25) is 5.91 Å². The summed E-state index contributed by atoms with van der Waals surface area (Å²) in [6, 6.07) is 15.7. The van der Waals surface area contributed by atoms with Crippen LogP contribution in [0.5, 0.6) is 0 Å². The third-order valence-corrected chi connectivity index (χ3v) is 4.52. The van der Waals surface area contributed by atoms with Crippen LogP contribution in [-0.4, -0.2) is 24.9 Å². The van der Waals surface area contributed by atoms with Crippen LogP contribution in [0.1, 0.15) is 40.7 Å². The summed E-state index contributed by atoms with van der Waals surface area (Å²) in [6.07, 6.45) is 3.39. The first kappa shape index (κ1) is 17.2. The lowest BCUT2D eigenvalue weighted by molar-refractivity contribution is -0.117. The van der Waals surface area contributed by atoms with Crippen LogP contribution in [-0.2, 0) is 11.2 Å². The molecule has 1 fully saturated rings. The topological polar surface area (TPSA) is 49.4 Å². The highest BCUT2D eigenvalue weighted by Gasteiger charge is 2.21. The lowest BCUT2D eigenvalue weighted by Crippen LogP contribution is -2.25. The van der Waals surface area contributed by atoms with Gasteiger partial charge in [0, 0.05) is 30.8 Å². The van der Waals surface area contributed by atoms with E-state index in [1.165, 1.54) is 11.1 Å². The second-order valence-corrected chi connectivity index (χ2v) is 6.54. The van der Waals surface area contributed by atoms with Crippen LogP contribution < -0.4 is 10.2 Å². The van der Waals surface area contributed by atoms with Crippen molar-refractivity contribution in [3.63, 3.8) is 0 Å². The predicted molar refractivity (Wildman–Crippen MR) is 99.9 cm³/mol. The third-order valence-electron chi connectivity index (χ3n) is 4.52. The van der Waals surface area contributed by atoms with Crippen molar-refractivity contribution in [2.24, 2.45) is 0 Å². The van der Waals surface area contributed by atoms with E-state index >= 15 is 0 Å². The molecule has 0 aromatic heterocycles. The number of benzene rings is 2. The van der Waals surface area contributed by atoms with E-state index in [4.69, 9.17) is 0 Å². The summed E-state index contributed by atoms with van der Waals surface area (Å²) in [7, 11) is 0. The zero-order valence-corrected chi connectivity index (χ0v) is 14.6. The maximum atomic E-state index is 12.2. The van der Waals surface area contributed by atoms with E-state index < -0.39 is 0 Å². The Labute approximate surface area is 148 Å². The summed E-state index contributed by atoms with van der Waals surface area (Å²) >= 11 is 0. The maximum absolute atomic E-state index is 12.2. The van der Waals surface area contributed by atoms with Gasteiger partial charge in [-0.2, -0.15) is 0 Å². The smallest absolute Gasteiger partial charge is 0.251 e. The molecule has 1 heterocycles. The van der Waals surface area contributed by atoms with E-state index in [1.54, 1.807) is 17.0 Å². The number of nitrogens with one attached hydrogen (secondary N) is 1. The summed E-state index contributed by atoms with van der Waals surface area (Å²) in [4.78, 5) is 25.7. The average Bonchev–Trinajstić information content (AvgIpc) is 3.05. The van der Waals surface area contributed by atoms with Crippen molar-refractivity contribution in [2.75, 3.05) is 18.0 Å². The summed E-state index contributed by atoms with van der Waals surface area (Å²) in [5, 5.41) is 2.96. The molecule has 130 valence electrons. The van der Waals surface area contributed by atoms with E-state index in [1.807, 2.05) is 12.1 Å². The van der Waals surface area contributed by atoms with Crippen LogP contribution in [0.4, 0.5) is 5.69 Å². The third kappa shape index (κ3) is 4.47. The Balaban J connectivity index is 1.47. The lowest BCUT2D eigenvalue weighted by Gasteiger charge is -2.15. The molecule has 1 saturated heterocycles. The van der Waals surface area contributed by atoms with Gasteiger partial charge in [-0.25, -0.2) is 0 Å². The molecule has 1 aliphatic heterocycles. The molecule has 1 aliphatic rings. The number of carbonyl (C=O) groups is 2. The van der Waals surface area contributed by atoms with Crippen molar-refractivity contribution in [1.29, 1.82) is 0 Å². The van der Waals surface area contributed by atoms with Crippen molar-refractivity contribution in [2.45, 2.75) is 32.6 Å². The Morgan fingerprint density at radius 1 is 1.16 bits per heavy atom. The van der Waals surface area contributed by atoms with Gasteiger partial charge in [0.05, 0.1) is 0 Å². The van der Waals surface area contributed by atoms with Crippen molar-refractivity contribution in [3.8, 4) is 0 Å². The van der Waals surface area contributed by atoms with Crippen LogP contribution in [0.25, 0.3) is 0 Å². The van der Waals surface area contributed by atoms with E-state index in [2.05, 4.69) is 36.5 Å². The molecule has 2 aromatic rings. The highest BCUT2D eigenvalue weighted by molar-refractivity contribution is 5.97. The molecule has 4 nitrogen and oxygen atoms in total. The van der Waals surface area contributed by atoms with Gasteiger partial charge in [0.1, 0.15) is 0 Å². The first-order valence-corrected chi connectivity index (χ1v) is 8.88. The van der Waals surface area contributed by atoms with Gasteiger partial charge in [0.15, 0.2) is 0 Å². The average molecular weight is 336 g/mol. The monoisotopic (exact) mass is 336 g/mol. The molecule has 0 bridgehead atoms. The van der Waals surface area contributed by atoms with E-state index in [-0.39, 0.29) is 11.8 Å². The minimum absolute atomic E-state index is 0.0662. The van der Waals surface area contributed by atoms with Gasteiger partial charge in [-0.05, 0) is 56.0 Å². The lowest BCUT2D eigenvalue weighted by atomic mass is 10.1. The van der Waals surface area contributed by atoms with E-state index in [9.17, 15) is 9.59 Å². The fraction of sp³-hybridized carbons (Fsp3) is 0.333. The summed E-state index contributed by atoms with van der Waals surface area (Å²) in [6.45, 7) is 3.51. The molecule has 3 rings (SSSR count). The number of nitrogens with zero attached hydrogens (tertiary/aromatic N) is 1. The molecule has 4 heteroatoms. The van der Waals surface area contributed by atoms with Gasteiger partial charge < -0.3 is 10.2 Å². The highest BCUT2D eigenvalue weighted by atomic mass is 16.2. The number of amides is 2. The van der Waals surface area contributed by atoms with Gasteiger partial charge in [0.25, 0.3) is 5.91 Å². The van der Waals surface area contributed by atoms with Crippen molar-refractivity contribution in [1.82, 2.24) is 5.32 Å². The SMILES string of the molecule is Cc1cccc(CCCNC(=O)c2ccc(N3CCCC3=O)cc2)c1. The Morgan fingerprint density at radius 2 is 1.96 bits per heavy atom. The molecule has 0 unspecified atom stereocenters. The molecule has 2 aromatic carbocycles. The molecule has 0 spiro atoms. The standard InChI is InChI=1S/C21H24N2O2/c1-16-5-2-6-17(15-16)7-3-13-22-21(25)18-9-11-19(12-10-18)23-14-4-8-20(23)24/h2,5-6,9-12,15H,3-4,7-8,13-14H2,1H3,(H,22,25). The zero-order chi connectivity index (χ0) is 17.6. The van der Waals surface area contributed by atoms with Crippen LogP contribution >= 0.6 is 0 Å². The largest absolute Gasteiger partial charge is 0.352 e. The minimum Gasteiger partial charge on any atom is -0.352 e. The number of carbonyl (C=O) groups excluding carboxylic acids is 2. The van der Waals surface area contributed by atoms with Crippen molar-refractivity contribution < 1.29 is 9.59 Å². The first-order valence-electron chi connectivity index (χ1n) is 8.88. The second-order valence-electron chi connectivity index (χ2n) is 6.54. The summed E-state index contributed by atoms with van der Waals surface area (Å²) in [5.41, 5.74) is 4.07. The highest BCUT2D eigenvalue weighted by Crippen LogP contribution is 2.21. The van der Waals surface area contributed by atoms with Crippen molar-refractivity contribution >= 4 is 17.5 Å². The number of rotatable bonds is 6. The van der Waals surface area contributed by atoms with Crippen molar-refractivity contribution in [3.05, 3.63) is 65.2 Å². The van der Waals surface area contributed by atoms with Crippen LogP contribution in [0.3, 0.4) is 0 Å². The molecule has 1 N–H and O–H groups in total. The number of hydrogen-bond acceptors (Lipinski definition) is 2. The first-order chi connectivity index (χ1) is 12.1. The molecule has 0 radical (unpaired) electrons. The molecule has 0 atom stereocenters. The second kappa shape index (κ2) is 7.97. The van der Waals surface area contributed by atoms with E-state index in [0.29, 0.717) is 18.5 Å². The minimum atomic E-state index is -0.0662. The van der Waals surface area contributed by atoms with Gasteiger partial charge in [-0.1, -0.05) is 29.8 Å². The zero-order valence-electron chi connectivity index (χ0n) is 14.6. The van der Waals surface area contributed by atoms with Gasteiger partial charge >= 0.3 is 0 Å². The quantitative estimate of drug-likeness (QED) is 0.821. The summed E-state index contributed by atoms with van der Waals surface area (Å²) in [5.74, 6) is 0.0943. The maximum Gasteiger partial charge on any atom is 0.251 e. The van der Waals surface area contributed by atoms with Gasteiger partial charge in [-0.15, -0.1) is 0 Å². The van der Waals surface area contributed by atoms with Gasteiger partial charge in [-0.3, -0.25) is 9.59 Å². The molecular formula is C21H24N2O2. The van der Waals surface area contributed by atoms with Crippen LogP contribution in [0.2, 0.25) is 0 Å². The molecule has 0 saturated carbocycles. The van der Waals surface area contributed by atoms with Crippen LogP contribution in [0.15, 0.2) is 48.5 Å². The Kier molecular flexibility index (Phi) is 5.49. The van der Waals surface area contributed by atoms with E-state index in [0.717, 1.165) is 31.5 Å². The fourth-order valence-electron chi connectivity index (χ4n) is 3.18. The predicted octanol–water partition coefficient (Wildman–Crippen LogP) is 3.48. The fourth-order valence-corrected chi connectivity index (χ4v) is 3.18. The Morgan fingerprint density at radius 3 is 2.64 bits per heavy atom. The summed E-state index contributed by atoms with van der Waals surface area (Å²) < 4.78 is 0. The number of aryl methyl sites for hydroxylation is 2. The molecular weight excluding hydrogens is 312 g/mol. The normalized spacial score (nSPS) is 14.0. The number of anilines is 1. The Bertz CT molecular complexity index is 753. The number of hydrogen-bond donors (Lipinski definition) is 1. The van der Waals surface area contributed by atoms with Crippen LogP contribution in [0, 0.1) is 6.92 Å². The Hall–Kier alpha value is -2.62. The molecule has 0 aliphatic carbocycles. The molecule has 2 amide bonds. The molecule has 25 heavy (non-hydrogen) atoms.